The highest BCUT2D eigenvalue weighted by Gasteiger charge is 2.26. The second-order valence-corrected chi connectivity index (χ2v) is 7.74. The molecule has 21 heavy (non-hydrogen) atoms. The smallest absolute Gasteiger partial charge is 0.315 e. The average molecular weight is 290 g/mol. The first-order chi connectivity index (χ1) is 9.57. The Balaban J connectivity index is 2.35. The summed E-state index contributed by atoms with van der Waals surface area (Å²) in [6, 6.07) is 8.33. The first-order valence-electron chi connectivity index (χ1n) is 7.69. The Hall–Kier alpha value is -1.51. The standard InChI is InChI=1S/C18H30N2O/c1-14-7-9-15(10-8-14)11-12-19-16(21)20-18(5,6)13-17(2,3)4/h7-10H,11-13H2,1-6H3,(H2,19,20,21). The minimum atomic E-state index is -0.202. The van der Waals surface area contributed by atoms with Crippen LogP contribution < -0.4 is 10.6 Å². The normalized spacial score (nSPS) is 12.1. The largest absolute Gasteiger partial charge is 0.338 e. The molecule has 0 saturated carbocycles. The van der Waals surface area contributed by atoms with Gasteiger partial charge in [-0.25, -0.2) is 4.79 Å². The van der Waals surface area contributed by atoms with E-state index in [-0.39, 0.29) is 17.0 Å². The van der Waals surface area contributed by atoms with Crippen molar-refractivity contribution < 1.29 is 4.79 Å². The average Bonchev–Trinajstić information content (AvgIpc) is 2.27. The fraction of sp³-hybridized carbons (Fsp3) is 0.611. The zero-order chi connectivity index (χ0) is 16.1. The number of benzene rings is 1. The molecule has 2 N–H and O–H groups in total. The zero-order valence-corrected chi connectivity index (χ0v) is 14.3. The minimum absolute atomic E-state index is 0.0867. The summed E-state index contributed by atoms with van der Waals surface area (Å²) in [6.07, 6.45) is 1.79. The topological polar surface area (TPSA) is 41.1 Å². The molecule has 3 heteroatoms. The Kier molecular flexibility index (Phi) is 5.82. The first kappa shape index (κ1) is 17.5. The van der Waals surface area contributed by atoms with Crippen molar-refractivity contribution in [1.82, 2.24) is 10.6 Å². The number of aryl methyl sites for hydroxylation is 1. The number of carbonyl (C=O) groups is 1. The lowest BCUT2D eigenvalue weighted by Gasteiger charge is -2.33. The van der Waals surface area contributed by atoms with Gasteiger partial charge in [0.15, 0.2) is 0 Å². The number of urea groups is 1. The summed E-state index contributed by atoms with van der Waals surface area (Å²) in [4.78, 5) is 12.0. The quantitative estimate of drug-likeness (QED) is 0.844. The van der Waals surface area contributed by atoms with Gasteiger partial charge in [0.25, 0.3) is 0 Å². The Labute approximate surface area is 129 Å². The van der Waals surface area contributed by atoms with Crippen molar-refractivity contribution in [3.05, 3.63) is 35.4 Å². The van der Waals surface area contributed by atoms with Crippen molar-refractivity contribution in [3.8, 4) is 0 Å². The van der Waals surface area contributed by atoms with Crippen LogP contribution in [-0.2, 0) is 6.42 Å². The predicted molar refractivity (Wildman–Crippen MR) is 89.6 cm³/mol. The molecule has 1 aromatic carbocycles. The minimum Gasteiger partial charge on any atom is -0.338 e. The van der Waals surface area contributed by atoms with Gasteiger partial charge in [-0.15, -0.1) is 0 Å². The summed E-state index contributed by atoms with van der Waals surface area (Å²) in [6.45, 7) is 13.4. The SMILES string of the molecule is Cc1ccc(CCNC(=O)NC(C)(C)CC(C)(C)C)cc1. The van der Waals surface area contributed by atoms with Crippen molar-refractivity contribution >= 4 is 6.03 Å². The third kappa shape index (κ3) is 7.74. The molecule has 0 spiro atoms. The van der Waals surface area contributed by atoms with Crippen LogP contribution in [-0.4, -0.2) is 18.1 Å². The van der Waals surface area contributed by atoms with E-state index in [1.54, 1.807) is 0 Å². The molecule has 1 aromatic rings. The summed E-state index contributed by atoms with van der Waals surface area (Å²) in [5.74, 6) is 0. The number of hydrogen-bond acceptors (Lipinski definition) is 1. The molecule has 0 aliphatic carbocycles. The van der Waals surface area contributed by atoms with Crippen LogP contribution in [0.4, 0.5) is 4.79 Å². The van der Waals surface area contributed by atoms with Crippen molar-refractivity contribution in [2.75, 3.05) is 6.54 Å². The summed E-state index contributed by atoms with van der Waals surface area (Å²) in [5.41, 5.74) is 2.49. The summed E-state index contributed by atoms with van der Waals surface area (Å²) >= 11 is 0. The fourth-order valence-corrected chi connectivity index (χ4v) is 2.80. The second-order valence-electron chi connectivity index (χ2n) is 7.74. The van der Waals surface area contributed by atoms with Crippen LogP contribution in [0.25, 0.3) is 0 Å². The van der Waals surface area contributed by atoms with E-state index in [9.17, 15) is 4.79 Å². The maximum Gasteiger partial charge on any atom is 0.315 e. The molecule has 118 valence electrons. The van der Waals surface area contributed by atoms with E-state index in [2.05, 4.69) is 76.4 Å². The molecule has 0 radical (unpaired) electrons. The van der Waals surface area contributed by atoms with E-state index in [0.29, 0.717) is 6.54 Å². The molecule has 3 nitrogen and oxygen atoms in total. The molecule has 0 aliphatic rings. The van der Waals surface area contributed by atoms with Gasteiger partial charge < -0.3 is 10.6 Å². The molecule has 0 bridgehead atoms. The van der Waals surface area contributed by atoms with Gasteiger partial charge in [-0.1, -0.05) is 50.6 Å². The van der Waals surface area contributed by atoms with Crippen LogP contribution in [0, 0.1) is 12.3 Å². The van der Waals surface area contributed by atoms with Gasteiger partial charge in [-0.2, -0.15) is 0 Å². The highest BCUT2D eigenvalue weighted by molar-refractivity contribution is 5.74. The third-order valence-electron chi connectivity index (χ3n) is 3.24. The van der Waals surface area contributed by atoms with E-state index in [1.807, 2.05) is 0 Å². The maximum atomic E-state index is 12.0. The van der Waals surface area contributed by atoms with Gasteiger partial charge in [0.1, 0.15) is 0 Å². The molecule has 0 heterocycles. The number of carbonyl (C=O) groups excluding carboxylic acids is 1. The molecule has 0 saturated heterocycles. The molecule has 1 rings (SSSR count). The van der Waals surface area contributed by atoms with Crippen LogP contribution >= 0.6 is 0 Å². The Morgan fingerprint density at radius 1 is 1.05 bits per heavy atom. The number of amides is 2. The summed E-state index contributed by atoms with van der Waals surface area (Å²) in [7, 11) is 0. The Bertz CT molecular complexity index is 455. The second kappa shape index (κ2) is 6.97. The van der Waals surface area contributed by atoms with Gasteiger partial charge in [0, 0.05) is 12.1 Å². The van der Waals surface area contributed by atoms with E-state index < -0.39 is 0 Å². The molecule has 0 atom stereocenters. The number of nitrogens with one attached hydrogen (secondary N) is 2. The van der Waals surface area contributed by atoms with Crippen molar-refractivity contribution in [1.29, 1.82) is 0 Å². The van der Waals surface area contributed by atoms with Crippen molar-refractivity contribution in [2.24, 2.45) is 5.41 Å². The fourth-order valence-electron chi connectivity index (χ4n) is 2.80. The van der Waals surface area contributed by atoms with E-state index >= 15 is 0 Å². The van der Waals surface area contributed by atoms with Crippen LogP contribution in [0.3, 0.4) is 0 Å². The third-order valence-corrected chi connectivity index (χ3v) is 3.24. The Morgan fingerprint density at radius 3 is 2.14 bits per heavy atom. The highest BCUT2D eigenvalue weighted by atomic mass is 16.2. The van der Waals surface area contributed by atoms with Crippen molar-refractivity contribution in [3.63, 3.8) is 0 Å². The number of hydrogen-bond donors (Lipinski definition) is 2. The van der Waals surface area contributed by atoms with Crippen LogP contribution in [0.2, 0.25) is 0 Å². The van der Waals surface area contributed by atoms with Gasteiger partial charge in [0.05, 0.1) is 0 Å². The molecular weight excluding hydrogens is 260 g/mol. The monoisotopic (exact) mass is 290 g/mol. The van der Waals surface area contributed by atoms with Gasteiger partial charge in [0.2, 0.25) is 0 Å². The predicted octanol–water partition coefficient (Wildman–Crippen LogP) is 4.05. The molecule has 0 fully saturated rings. The molecule has 0 aromatic heterocycles. The zero-order valence-electron chi connectivity index (χ0n) is 14.3. The summed E-state index contributed by atoms with van der Waals surface area (Å²) < 4.78 is 0. The van der Waals surface area contributed by atoms with Gasteiger partial charge in [-0.05, 0) is 44.6 Å². The maximum absolute atomic E-state index is 12.0. The van der Waals surface area contributed by atoms with Gasteiger partial charge in [-0.3, -0.25) is 0 Å². The summed E-state index contributed by atoms with van der Waals surface area (Å²) in [5, 5.41) is 6.00. The van der Waals surface area contributed by atoms with E-state index in [1.165, 1.54) is 11.1 Å². The highest BCUT2D eigenvalue weighted by Crippen LogP contribution is 2.26. The molecule has 2 amide bonds. The van der Waals surface area contributed by atoms with E-state index in [4.69, 9.17) is 0 Å². The first-order valence-corrected chi connectivity index (χ1v) is 7.69. The van der Waals surface area contributed by atoms with Crippen LogP contribution in [0.15, 0.2) is 24.3 Å². The lowest BCUT2D eigenvalue weighted by Crippen LogP contribution is -2.50. The Morgan fingerprint density at radius 2 is 1.62 bits per heavy atom. The van der Waals surface area contributed by atoms with Crippen molar-refractivity contribution in [2.45, 2.75) is 59.9 Å². The van der Waals surface area contributed by atoms with Gasteiger partial charge >= 0.3 is 6.03 Å². The molecule has 0 aliphatic heterocycles. The lowest BCUT2D eigenvalue weighted by molar-refractivity contribution is 0.210. The van der Waals surface area contributed by atoms with Crippen LogP contribution in [0.1, 0.15) is 52.2 Å². The number of rotatable bonds is 5. The molecule has 0 unspecified atom stereocenters. The van der Waals surface area contributed by atoms with Crippen LogP contribution in [0.5, 0.6) is 0 Å². The molecular formula is C18H30N2O. The van der Waals surface area contributed by atoms with E-state index in [0.717, 1.165) is 12.8 Å². The lowest BCUT2D eigenvalue weighted by atomic mass is 9.82.